The summed E-state index contributed by atoms with van der Waals surface area (Å²) in [5.41, 5.74) is 3.27. The molecule has 1 aromatic carbocycles. The molecule has 2 aromatic rings. The lowest BCUT2D eigenvalue weighted by Crippen LogP contribution is -2.26. The Kier molecular flexibility index (Phi) is 3.48. The van der Waals surface area contributed by atoms with Crippen molar-refractivity contribution < 1.29 is 14.3 Å². The second-order valence-electron chi connectivity index (χ2n) is 5.31. The number of benzene rings is 1. The Bertz CT molecular complexity index is 769. The summed E-state index contributed by atoms with van der Waals surface area (Å²) in [5, 5.41) is 0. The lowest BCUT2D eigenvalue weighted by Gasteiger charge is -2.14. The van der Waals surface area contributed by atoms with Gasteiger partial charge in [0.2, 0.25) is 0 Å². The Labute approximate surface area is 129 Å². The third-order valence-electron chi connectivity index (χ3n) is 3.71. The van der Waals surface area contributed by atoms with Crippen molar-refractivity contribution in [1.82, 2.24) is 14.5 Å². The number of imidazole rings is 1. The van der Waals surface area contributed by atoms with Crippen molar-refractivity contribution in [3.8, 4) is 5.69 Å². The number of carbonyl (C=O) groups excluding carboxylic acids is 2. The third kappa shape index (κ3) is 2.18. The fourth-order valence-corrected chi connectivity index (χ4v) is 2.64. The van der Waals surface area contributed by atoms with E-state index in [0.29, 0.717) is 17.8 Å². The molecule has 2 heterocycles. The summed E-state index contributed by atoms with van der Waals surface area (Å²) < 4.78 is 6.84. The van der Waals surface area contributed by atoms with Crippen LogP contribution in [0.15, 0.2) is 24.5 Å². The maximum atomic E-state index is 12.5. The number of hydrogen-bond acceptors (Lipinski definition) is 4. The number of esters is 1. The van der Waals surface area contributed by atoms with Gasteiger partial charge in [0.15, 0.2) is 5.69 Å². The van der Waals surface area contributed by atoms with Crippen LogP contribution in [0.4, 0.5) is 0 Å². The van der Waals surface area contributed by atoms with E-state index in [4.69, 9.17) is 4.74 Å². The second-order valence-corrected chi connectivity index (χ2v) is 5.31. The minimum Gasteiger partial charge on any atom is -0.461 e. The summed E-state index contributed by atoms with van der Waals surface area (Å²) in [4.78, 5) is 30.4. The van der Waals surface area contributed by atoms with E-state index in [2.05, 4.69) is 4.98 Å². The van der Waals surface area contributed by atoms with Crippen LogP contribution in [0.3, 0.4) is 0 Å². The number of fused-ring (bicyclic) bond motifs is 3. The highest BCUT2D eigenvalue weighted by atomic mass is 16.5. The molecule has 112 valence electrons. The number of hydrogen-bond donors (Lipinski definition) is 0. The first-order valence-electron chi connectivity index (χ1n) is 7.12. The molecule has 0 radical (unpaired) electrons. The molecule has 3 rings (SSSR count). The maximum Gasteiger partial charge on any atom is 0.358 e. The van der Waals surface area contributed by atoms with Crippen molar-refractivity contribution >= 4 is 25.2 Å². The summed E-state index contributed by atoms with van der Waals surface area (Å²) >= 11 is 0. The highest BCUT2D eigenvalue weighted by Crippen LogP contribution is 2.25. The van der Waals surface area contributed by atoms with Gasteiger partial charge in [-0.3, -0.25) is 9.36 Å². The number of aromatic nitrogens is 2. The van der Waals surface area contributed by atoms with E-state index in [1.807, 2.05) is 26.0 Å². The SMILES string of the molecule is Bc1ccc2c(c1)C(=O)N(C)Cc1c(C(=O)OCC)ncn1-2. The first-order chi connectivity index (χ1) is 10.5. The summed E-state index contributed by atoms with van der Waals surface area (Å²) in [7, 11) is 3.66. The lowest BCUT2D eigenvalue weighted by atomic mass is 9.93. The average molecular weight is 297 g/mol. The maximum absolute atomic E-state index is 12.5. The van der Waals surface area contributed by atoms with Crippen molar-refractivity contribution in [3.05, 3.63) is 41.5 Å². The molecule has 1 aliphatic rings. The van der Waals surface area contributed by atoms with Gasteiger partial charge in [-0.2, -0.15) is 0 Å². The zero-order chi connectivity index (χ0) is 15.9. The molecular formula is C15H16BN3O3. The van der Waals surface area contributed by atoms with Crippen LogP contribution in [0.1, 0.15) is 33.5 Å². The van der Waals surface area contributed by atoms with E-state index in [-0.39, 0.29) is 18.2 Å². The molecule has 0 spiro atoms. The summed E-state index contributed by atoms with van der Waals surface area (Å²) in [6.07, 6.45) is 1.57. The molecule has 0 fully saturated rings. The molecule has 0 N–H and O–H groups in total. The van der Waals surface area contributed by atoms with E-state index >= 15 is 0 Å². The highest BCUT2D eigenvalue weighted by Gasteiger charge is 2.28. The van der Waals surface area contributed by atoms with Gasteiger partial charge in [-0.05, 0) is 13.0 Å². The predicted octanol–water partition coefficient (Wildman–Crippen LogP) is -0.107. The van der Waals surface area contributed by atoms with Gasteiger partial charge in [-0.25, -0.2) is 9.78 Å². The van der Waals surface area contributed by atoms with Crippen LogP contribution in [0.2, 0.25) is 0 Å². The molecule has 0 atom stereocenters. The lowest BCUT2D eigenvalue weighted by molar-refractivity contribution is 0.0516. The van der Waals surface area contributed by atoms with E-state index in [0.717, 1.165) is 11.2 Å². The smallest absolute Gasteiger partial charge is 0.358 e. The Balaban J connectivity index is 2.20. The molecule has 0 saturated carbocycles. The van der Waals surface area contributed by atoms with Gasteiger partial charge in [0.05, 0.1) is 30.1 Å². The number of ether oxygens (including phenoxy) is 1. The minimum atomic E-state index is -0.465. The third-order valence-corrected chi connectivity index (χ3v) is 3.71. The number of amides is 1. The van der Waals surface area contributed by atoms with Crippen LogP contribution in [0.25, 0.3) is 5.69 Å². The zero-order valence-electron chi connectivity index (χ0n) is 12.8. The molecule has 22 heavy (non-hydrogen) atoms. The molecular weight excluding hydrogens is 281 g/mol. The molecule has 0 unspecified atom stereocenters. The highest BCUT2D eigenvalue weighted by molar-refractivity contribution is 6.32. The van der Waals surface area contributed by atoms with Gasteiger partial charge in [-0.15, -0.1) is 0 Å². The van der Waals surface area contributed by atoms with Crippen molar-refractivity contribution in [3.63, 3.8) is 0 Å². The van der Waals surface area contributed by atoms with Crippen molar-refractivity contribution in [2.75, 3.05) is 13.7 Å². The molecule has 1 aliphatic heterocycles. The topological polar surface area (TPSA) is 64.4 Å². The summed E-state index contributed by atoms with van der Waals surface area (Å²) in [6, 6.07) is 5.67. The Hall–Kier alpha value is -2.57. The molecule has 0 saturated heterocycles. The molecule has 0 bridgehead atoms. The minimum absolute atomic E-state index is 0.0720. The Morgan fingerprint density at radius 2 is 2.23 bits per heavy atom. The van der Waals surface area contributed by atoms with Crippen molar-refractivity contribution in [1.29, 1.82) is 0 Å². The Morgan fingerprint density at radius 3 is 2.95 bits per heavy atom. The summed E-state index contributed by atoms with van der Waals surface area (Å²) in [5.74, 6) is -0.537. The first kappa shape index (κ1) is 14.4. The van der Waals surface area contributed by atoms with Gasteiger partial charge >= 0.3 is 5.97 Å². The largest absolute Gasteiger partial charge is 0.461 e. The van der Waals surface area contributed by atoms with Crippen LogP contribution in [0.5, 0.6) is 0 Å². The molecule has 1 aromatic heterocycles. The van der Waals surface area contributed by atoms with Crippen LogP contribution >= 0.6 is 0 Å². The first-order valence-corrected chi connectivity index (χ1v) is 7.12. The predicted molar refractivity (Wildman–Crippen MR) is 83.5 cm³/mol. The molecule has 7 heteroatoms. The van der Waals surface area contributed by atoms with Gasteiger partial charge in [-0.1, -0.05) is 17.6 Å². The molecule has 0 aliphatic carbocycles. The average Bonchev–Trinajstić information content (AvgIpc) is 2.86. The van der Waals surface area contributed by atoms with Crippen molar-refractivity contribution in [2.45, 2.75) is 13.5 Å². The van der Waals surface area contributed by atoms with E-state index in [1.54, 1.807) is 29.8 Å². The van der Waals surface area contributed by atoms with Crippen LogP contribution in [0, 0.1) is 0 Å². The van der Waals surface area contributed by atoms with E-state index in [9.17, 15) is 9.59 Å². The van der Waals surface area contributed by atoms with Crippen LogP contribution in [-0.2, 0) is 11.3 Å². The van der Waals surface area contributed by atoms with Gasteiger partial charge in [0.25, 0.3) is 5.91 Å². The number of nitrogens with zero attached hydrogens (tertiary/aromatic N) is 3. The monoisotopic (exact) mass is 297 g/mol. The number of rotatable bonds is 2. The Morgan fingerprint density at radius 1 is 1.45 bits per heavy atom. The standard InChI is InChI=1S/C15H16BN3O3/c1-3-22-15(21)13-12-7-18(2)14(20)10-6-9(16)4-5-11(10)19(12)8-17-13/h4-6,8H,3,7,16H2,1-2H3. The fourth-order valence-electron chi connectivity index (χ4n) is 2.64. The zero-order valence-corrected chi connectivity index (χ0v) is 12.8. The van der Waals surface area contributed by atoms with E-state index < -0.39 is 5.97 Å². The quantitative estimate of drug-likeness (QED) is 0.573. The van der Waals surface area contributed by atoms with Crippen LogP contribution < -0.4 is 5.46 Å². The number of carbonyl (C=O) groups is 2. The van der Waals surface area contributed by atoms with E-state index in [1.165, 1.54) is 0 Å². The molecule has 6 nitrogen and oxygen atoms in total. The van der Waals surface area contributed by atoms with Gasteiger partial charge in [0.1, 0.15) is 14.2 Å². The van der Waals surface area contributed by atoms with Gasteiger partial charge in [0, 0.05) is 7.05 Å². The van der Waals surface area contributed by atoms with Crippen molar-refractivity contribution in [2.24, 2.45) is 0 Å². The summed E-state index contributed by atoms with van der Waals surface area (Å²) in [6.45, 7) is 2.34. The second kappa shape index (κ2) is 5.33. The molecule has 1 amide bonds. The normalized spacial score (nSPS) is 13.4. The van der Waals surface area contributed by atoms with Gasteiger partial charge < -0.3 is 9.64 Å². The fraction of sp³-hybridized carbons (Fsp3) is 0.267. The van der Waals surface area contributed by atoms with Crippen LogP contribution in [-0.4, -0.2) is 47.8 Å².